The summed E-state index contributed by atoms with van der Waals surface area (Å²) >= 11 is 0. The molecule has 2 aromatic rings. The lowest BCUT2D eigenvalue weighted by molar-refractivity contribution is 0.554. The first-order chi connectivity index (χ1) is 10.6. The van der Waals surface area contributed by atoms with Crippen molar-refractivity contribution in [2.24, 2.45) is 0 Å². The molecule has 2 aliphatic rings. The highest BCUT2D eigenvalue weighted by Gasteiger charge is 2.49. The van der Waals surface area contributed by atoms with Crippen LogP contribution >= 0.6 is 0 Å². The van der Waals surface area contributed by atoms with E-state index < -0.39 is 8.07 Å². The molecule has 0 radical (unpaired) electrons. The van der Waals surface area contributed by atoms with Crippen LogP contribution in [0, 0.1) is 12.7 Å². The highest BCUT2D eigenvalue weighted by atomic mass is 28.3. The van der Waals surface area contributed by atoms with E-state index >= 15 is 4.39 Å². The van der Waals surface area contributed by atoms with Crippen LogP contribution in [0.5, 0.6) is 0 Å². The topological polar surface area (TPSA) is 3.24 Å². The van der Waals surface area contributed by atoms with Gasteiger partial charge in [-0.1, -0.05) is 48.1 Å². The second kappa shape index (κ2) is 4.95. The molecular formula is C19H22FNSi. The van der Waals surface area contributed by atoms with E-state index in [1.807, 2.05) is 13.0 Å². The van der Waals surface area contributed by atoms with Crippen LogP contribution in [0.4, 0.5) is 10.1 Å². The fourth-order valence-electron chi connectivity index (χ4n) is 4.46. The fourth-order valence-corrected chi connectivity index (χ4v) is 9.31. The van der Waals surface area contributed by atoms with E-state index in [0.29, 0.717) is 5.54 Å². The van der Waals surface area contributed by atoms with Gasteiger partial charge in [0.25, 0.3) is 0 Å². The average Bonchev–Trinajstić information content (AvgIpc) is 2.56. The van der Waals surface area contributed by atoms with Gasteiger partial charge in [-0.25, -0.2) is 4.39 Å². The number of halogens is 1. The van der Waals surface area contributed by atoms with Crippen molar-refractivity contribution in [2.75, 3.05) is 18.0 Å². The van der Waals surface area contributed by atoms with E-state index in [4.69, 9.17) is 0 Å². The van der Waals surface area contributed by atoms with Gasteiger partial charge in [-0.2, -0.15) is 0 Å². The summed E-state index contributed by atoms with van der Waals surface area (Å²) in [6.07, 6.45) is 2.47. The molecule has 0 saturated carbocycles. The van der Waals surface area contributed by atoms with E-state index in [2.05, 4.69) is 47.8 Å². The minimum atomic E-state index is -2.05. The lowest BCUT2D eigenvalue weighted by Crippen LogP contribution is -2.67. The molecule has 0 aliphatic carbocycles. The van der Waals surface area contributed by atoms with E-state index in [1.54, 1.807) is 0 Å². The van der Waals surface area contributed by atoms with Crippen LogP contribution in [0.1, 0.15) is 18.4 Å². The molecule has 1 nitrogen and oxygen atoms in total. The van der Waals surface area contributed by atoms with Crippen LogP contribution in [0.3, 0.4) is 0 Å². The lowest BCUT2D eigenvalue weighted by atomic mass is 10.1. The number of rotatable bonds is 1. The molecule has 22 heavy (non-hydrogen) atoms. The van der Waals surface area contributed by atoms with Gasteiger partial charge in [0.1, 0.15) is 13.9 Å². The second-order valence-corrected chi connectivity index (χ2v) is 11.2. The Kier molecular flexibility index (Phi) is 3.15. The quantitative estimate of drug-likeness (QED) is 0.730. The number of hydrogen-bond acceptors (Lipinski definition) is 1. The molecule has 1 saturated heterocycles. The van der Waals surface area contributed by atoms with Crippen molar-refractivity contribution in [1.29, 1.82) is 0 Å². The molecule has 2 aromatic carbocycles. The number of benzene rings is 2. The number of aryl methyl sites for hydroxylation is 1. The maximum Gasteiger partial charge on any atom is 0.127 e. The van der Waals surface area contributed by atoms with Crippen LogP contribution in [-0.2, 0) is 0 Å². The molecule has 4 rings (SSSR count). The largest absolute Gasteiger partial charge is 0.372 e. The Morgan fingerprint density at radius 2 is 1.91 bits per heavy atom. The van der Waals surface area contributed by atoms with Gasteiger partial charge < -0.3 is 4.90 Å². The Morgan fingerprint density at radius 3 is 2.68 bits per heavy atom. The van der Waals surface area contributed by atoms with Gasteiger partial charge in [-0.05, 0) is 36.9 Å². The summed E-state index contributed by atoms with van der Waals surface area (Å²) < 4.78 is 15.2. The summed E-state index contributed by atoms with van der Waals surface area (Å²) in [6, 6.07) is 14.8. The van der Waals surface area contributed by atoms with Gasteiger partial charge in [-0.3, -0.25) is 0 Å². The Bertz CT molecular complexity index is 715. The molecule has 2 heterocycles. The third-order valence-corrected chi connectivity index (χ3v) is 10.9. The van der Waals surface area contributed by atoms with Crippen LogP contribution < -0.4 is 15.3 Å². The molecule has 1 fully saturated rings. The monoisotopic (exact) mass is 311 g/mol. The summed E-state index contributed by atoms with van der Waals surface area (Å²) in [5.41, 5.74) is 2.57. The maximum absolute atomic E-state index is 15.2. The molecule has 2 atom stereocenters. The molecular weight excluding hydrogens is 289 g/mol. The number of hydrogen-bond donors (Lipinski definition) is 0. The zero-order valence-corrected chi connectivity index (χ0v) is 14.3. The van der Waals surface area contributed by atoms with Crippen molar-refractivity contribution in [3.8, 4) is 0 Å². The smallest absolute Gasteiger partial charge is 0.127 e. The summed E-state index contributed by atoms with van der Waals surface area (Å²) in [5.74, 6) is 0.0483. The highest BCUT2D eigenvalue weighted by Crippen LogP contribution is 2.40. The van der Waals surface area contributed by atoms with Gasteiger partial charge in [-0.15, -0.1) is 0 Å². The molecule has 2 bridgehead atoms. The normalized spacial score (nSPS) is 26.7. The Balaban J connectivity index is 2.03. The van der Waals surface area contributed by atoms with Gasteiger partial charge in [0.2, 0.25) is 0 Å². The first kappa shape index (κ1) is 14.0. The van der Waals surface area contributed by atoms with Crippen LogP contribution in [0.25, 0.3) is 0 Å². The minimum absolute atomic E-state index is 0.0483. The van der Waals surface area contributed by atoms with E-state index in [1.165, 1.54) is 18.0 Å². The average molecular weight is 311 g/mol. The standard InChI is InChI=1S/C19H22FNSi/c1-14-10-11-17-19(18(14)20)22(2,15-7-4-3-5-8-15)16-9-6-12-21(17)13-16/h3-5,7-8,10-11,16H,6,9,12-13H2,1-2H3/t16-,22+/m0/s1. The van der Waals surface area contributed by atoms with Crippen LogP contribution in [0.2, 0.25) is 12.1 Å². The van der Waals surface area contributed by atoms with Gasteiger partial charge in [0, 0.05) is 24.0 Å². The predicted molar refractivity (Wildman–Crippen MR) is 93.7 cm³/mol. The van der Waals surface area contributed by atoms with E-state index in [-0.39, 0.29) is 5.82 Å². The SMILES string of the molecule is Cc1ccc2c(c1F)[Si@](C)(c1ccccc1)[C@H]1CCCN2C1. The van der Waals surface area contributed by atoms with Crippen molar-refractivity contribution in [1.82, 2.24) is 0 Å². The number of piperidine rings is 1. The molecule has 2 aliphatic heterocycles. The van der Waals surface area contributed by atoms with Crippen molar-refractivity contribution in [3.63, 3.8) is 0 Å². The zero-order chi connectivity index (χ0) is 15.3. The molecule has 0 aromatic heterocycles. The maximum atomic E-state index is 15.2. The lowest BCUT2D eigenvalue weighted by Gasteiger charge is -2.50. The molecule has 0 spiro atoms. The molecule has 3 heteroatoms. The van der Waals surface area contributed by atoms with Gasteiger partial charge >= 0.3 is 0 Å². The summed E-state index contributed by atoms with van der Waals surface area (Å²) in [5, 5.41) is 2.43. The van der Waals surface area contributed by atoms with Crippen molar-refractivity contribution >= 4 is 24.1 Å². The summed E-state index contributed by atoms with van der Waals surface area (Å²) in [6.45, 7) is 6.46. The number of anilines is 1. The second-order valence-electron chi connectivity index (χ2n) is 6.94. The third-order valence-electron chi connectivity index (χ3n) is 5.78. The van der Waals surface area contributed by atoms with E-state index in [0.717, 1.165) is 29.5 Å². The fraction of sp³-hybridized carbons (Fsp3) is 0.368. The third kappa shape index (κ3) is 1.81. The Hall–Kier alpha value is -1.61. The van der Waals surface area contributed by atoms with Gasteiger partial charge in [0.05, 0.1) is 0 Å². The molecule has 114 valence electrons. The Labute approximate surface area is 132 Å². The van der Waals surface area contributed by atoms with Gasteiger partial charge in [0.15, 0.2) is 0 Å². The highest BCUT2D eigenvalue weighted by molar-refractivity contribution is 7.03. The number of fused-ring (bicyclic) bond motifs is 4. The first-order valence-electron chi connectivity index (χ1n) is 8.22. The molecule has 0 N–H and O–H groups in total. The van der Waals surface area contributed by atoms with Crippen molar-refractivity contribution in [3.05, 3.63) is 53.8 Å². The van der Waals surface area contributed by atoms with E-state index in [9.17, 15) is 0 Å². The van der Waals surface area contributed by atoms with Crippen molar-refractivity contribution < 1.29 is 4.39 Å². The summed E-state index contributed by atoms with van der Waals surface area (Å²) in [4.78, 5) is 2.42. The minimum Gasteiger partial charge on any atom is -0.372 e. The molecule has 0 amide bonds. The first-order valence-corrected chi connectivity index (χ1v) is 10.8. The van der Waals surface area contributed by atoms with Crippen molar-refractivity contribution in [2.45, 2.75) is 31.9 Å². The van der Waals surface area contributed by atoms with Crippen LogP contribution in [0.15, 0.2) is 42.5 Å². The molecule has 0 unspecified atom stereocenters. The summed E-state index contributed by atoms with van der Waals surface area (Å²) in [7, 11) is -2.05. The Morgan fingerprint density at radius 1 is 1.14 bits per heavy atom. The number of nitrogens with zero attached hydrogens (tertiary/aromatic N) is 1. The zero-order valence-electron chi connectivity index (χ0n) is 13.3. The van der Waals surface area contributed by atoms with Crippen LogP contribution in [-0.4, -0.2) is 21.2 Å². The predicted octanol–water partition coefficient (Wildman–Crippen LogP) is 3.31.